The molecule has 204 valence electrons. The fourth-order valence-electron chi connectivity index (χ4n) is 5.21. The number of fused-ring (bicyclic) bond motifs is 2. The highest BCUT2D eigenvalue weighted by Gasteiger charge is 2.43. The Hall–Kier alpha value is -3.51. The number of alkyl halides is 6. The lowest BCUT2D eigenvalue weighted by Crippen LogP contribution is -2.48. The molecule has 0 spiro atoms. The lowest BCUT2D eigenvalue weighted by Gasteiger charge is -2.39. The molecule has 3 atom stereocenters. The Bertz CT molecular complexity index is 1280. The van der Waals surface area contributed by atoms with Gasteiger partial charge in [-0.25, -0.2) is 4.68 Å². The number of nitrogens with one attached hydrogen (secondary N) is 1. The van der Waals surface area contributed by atoms with Gasteiger partial charge in [0.05, 0.1) is 11.6 Å². The first-order valence-corrected chi connectivity index (χ1v) is 12.2. The van der Waals surface area contributed by atoms with Gasteiger partial charge in [-0.1, -0.05) is 6.07 Å². The molecule has 1 N–H and O–H groups in total. The third-order valence-electron chi connectivity index (χ3n) is 6.99. The topological polar surface area (TPSA) is 68.1 Å². The van der Waals surface area contributed by atoms with Gasteiger partial charge >= 0.3 is 18.4 Å². The molecule has 0 radical (unpaired) electrons. The van der Waals surface area contributed by atoms with Crippen molar-refractivity contribution in [3.63, 3.8) is 0 Å². The monoisotopic (exact) mass is 540 g/mol. The molecule has 0 unspecified atom stereocenters. The van der Waals surface area contributed by atoms with E-state index in [1.54, 1.807) is 6.07 Å². The van der Waals surface area contributed by atoms with Gasteiger partial charge in [-0.3, -0.25) is 4.98 Å². The van der Waals surface area contributed by atoms with Crippen molar-refractivity contribution in [1.29, 1.82) is 0 Å². The van der Waals surface area contributed by atoms with Crippen LogP contribution in [0.5, 0.6) is 11.8 Å². The van der Waals surface area contributed by atoms with Gasteiger partial charge < -0.3 is 15.0 Å². The molecule has 2 aliphatic rings. The van der Waals surface area contributed by atoms with E-state index in [0.717, 1.165) is 31.0 Å². The molecular formula is C25H26F6N6O. The molecule has 38 heavy (non-hydrogen) atoms. The molecule has 5 rings (SSSR count). The van der Waals surface area contributed by atoms with Crippen molar-refractivity contribution in [2.24, 2.45) is 11.8 Å². The average Bonchev–Trinajstić information content (AvgIpc) is 3.34. The molecule has 1 saturated heterocycles. The molecule has 2 aromatic heterocycles. The smallest absolute Gasteiger partial charge is 0.424 e. The van der Waals surface area contributed by atoms with Crippen LogP contribution < -0.4 is 15.0 Å². The molecule has 3 aromatic rings. The minimum Gasteiger partial charge on any atom is -0.424 e. The number of hydrogen-bond acceptors (Lipinski definition) is 6. The zero-order chi connectivity index (χ0) is 27.2. The van der Waals surface area contributed by atoms with Gasteiger partial charge in [0.2, 0.25) is 5.95 Å². The van der Waals surface area contributed by atoms with Crippen molar-refractivity contribution in [1.82, 2.24) is 19.7 Å². The van der Waals surface area contributed by atoms with E-state index in [0.29, 0.717) is 24.7 Å². The number of halogens is 6. The zero-order valence-electron chi connectivity index (χ0n) is 20.6. The van der Waals surface area contributed by atoms with Gasteiger partial charge in [0.15, 0.2) is 0 Å². The maximum Gasteiger partial charge on any atom is 0.433 e. The highest BCUT2D eigenvalue weighted by molar-refractivity contribution is 5.49. The zero-order valence-corrected chi connectivity index (χ0v) is 20.6. The number of ether oxygens (including phenoxy) is 1. The van der Waals surface area contributed by atoms with Gasteiger partial charge in [0.1, 0.15) is 11.4 Å². The normalized spacial score (nSPS) is 21.7. The van der Waals surface area contributed by atoms with Crippen molar-refractivity contribution in [2.75, 3.05) is 23.3 Å². The van der Waals surface area contributed by atoms with E-state index in [1.165, 1.54) is 23.0 Å². The van der Waals surface area contributed by atoms with Crippen LogP contribution in [0.25, 0.3) is 0 Å². The van der Waals surface area contributed by atoms with Crippen LogP contribution in [-0.2, 0) is 12.4 Å². The second-order valence-electron chi connectivity index (χ2n) is 9.95. The first kappa shape index (κ1) is 26.1. The number of rotatable bonds is 6. The number of aromatic nitrogens is 4. The standard InChI is InChI=1S/C25H26F6N6O/c1-14(2)37-23(38-19-5-3-4-17(10-19)24(26,27)28)34-22(35-37)33-21-15-6-7-16(21)13-36(12-15)18-8-9-32-20(11-18)25(29,30)31/h3-5,8-11,14-16,21H,6-7,12-13H2,1-2H3,(H,33,35)/t15-,16+,21+. The SMILES string of the molecule is CC(C)n1nc(N[C@H]2[C@@H]3CC[C@H]2CN(c2ccnc(C(F)(F)F)c2)C3)nc1Oc1cccc(C(F)(F)F)c1. The summed E-state index contributed by atoms with van der Waals surface area (Å²) in [6.45, 7) is 4.83. The predicted octanol–water partition coefficient (Wildman–Crippen LogP) is 6.41. The van der Waals surface area contributed by atoms with Crippen molar-refractivity contribution in [2.45, 2.75) is 51.1 Å². The molecule has 7 nitrogen and oxygen atoms in total. The third kappa shape index (κ3) is 5.37. The summed E-state index contributed by atoms with van der Waals surface area (Å²) in [6.07, 6.45) is -6.04. The van der Waals surface area contributed by atoms with Crippen LogP contribution in [0.4, 0.5) is 38.0 Å². The van der Waals surface area contributed by atoms with Crippen molar-refractivity contribution in [3.05, 3.63) is 53.9 Å². The van der Waals surface area contributed by atoms with E-state index in [9.17, 15) is 26.3 Å². The predicted molar refractivity (Wildman–Crippen MR) is 127 cm³/mol. The molecule has 3 heterocycles. The highest BCUT2D eigenvalue weighted by atomic mass is 19.4. The molecule has 1 saturated carbocycles. The first-order chi connectivity index (χ1) is 17.9. The quantitative estimate of drug-likeness (QED) is 0.365. The summed E-state index contributed by atoms with van der Waals surface area (Å²) >= 11 is 0. The Morgan fingerprint density at radius 2 is 1.68 bits per heavy atom. The largest absolute Gasteiger partial charge is 0.433 e. The Kier molecular flexibility index (Phi) is 6.64. The van der Waals surface area contributed by atoms with Crippen molar-refractivity contribution < 1.29 is 31.1 Å². The van der Waals surface area contributed by atoms with Crippen LogP contribution in [0.15, 0.2) is 42.6 Å². The molecule has 1 aliphatic carbocycles. The van der Waals surface area contributed by atoms with E-state index < -0.39 is 23.6 Å². The molecule has 0 amide bonds. The Morgan fingerprint density at radius 1 is 0.974 bits per heavy atom. The summed E-state index contributed by atoms with van der Waals surface area (Å²) in [7, 11) is 0. The lowest BCUT2D eigenvalue weighted by molar-refractivity contribution is -0.141. The molecule has 2 bridgehead atoms. The van der Waals surface area contributed by atoms with Crippen LogP contribution in [0.3, 0.4) is 0 Å². The van der Waals surface area contributed by atoms with Crippen molar-refractivity contribution >= 4 is 11.6 Å². The number of nitrogens with zero attached hydrogens (tertiary/aromatic N) is 5. The maximum atomic E-state index is 13.1. The molecule has 1 aromatic carbocycles. The minimum absolute atomic E-state index is 0.000377. The van der Waals surface area contributed by atoms with Gasteiger partial charge in [0.25, 0.3) is 0 Å². The van der Waals surface area contributed by atoms with Crippen LogP contribution in [0.2, 0.25) is 0 Å². The minimum atomic E-state index is -4.51. The fraction of sp³-hybridized carbons (Fsp3) is 0.480. The second kappa shape index (κ2) is 9.66. The summed E-state index contributed by atoms with van der Waals surface area (Å²) < 4.78 is 85.9. The maximum absolute atomic E-state index is 13.1. The van der Waals surface area contributed by atoms with Crippen molar-refractivity contribution in [3.8, 4) is 11.8 Å². The number of pyridine rings is 1. The lowest BCUT2D eigenvalue weighted by atomic mass is 9.92. The van der Waals surface area contributed by atoms with E-state index in [1.807, 2.05) is 18.7 Å². The Labute approximate surface area is 214 Å². The summed E-state index contributed by atoms with van der Waals surface area (Å²) in [6, 6.07) is 7.11. The fourth-order valence-corrected chi connectivity index (χ4v) is 5.21. The van der Waals surface area contributed by atoms with E-state index >= 15 is 0 Å². The first-order valence-electron chi connectivity index (χ1n) is 12.2. The number of anilines is 2. The summed E-state index contributed by atoms with van der Waals surface area (Å²) in [4.78, 5) is 9.82. The Morgan fingerprint density at radius 3 is 2.32 bits per heavy atom. The van der Waals surface area contributed by atoms with E-state index in [2.05, 4.69) is 20.4 Å². The van der Waals surface area contributed by atoms with E-state index in [4.69, 9.17) is 4.74 Å². The second-order valence-corrected chi connectivity index (χ2v) is 9.95. The summed E-state index contributed by atoms with van der Waals surface area (Å²) in [5.74, 6) is 0.578. The van der Waals surface area contributed by atoms with Crippen LogP contribution in [0, 0.1) is 11.8 Å². The molecule has 1 aliphatic heterocycles. The molecular weight excluding hydrogens is 514 g/mol. The van der Waals surface area contributed by atoms with Crippen LogP contribution in [-0.4, -0.2) is 38.9 Å². The van der Waals surface area contributed by atoms with Crippen LogP contribution >= 0.6 is 0 Å². The number of piperidine rings is 1. The average molecular weight is 541 g/mol. The van der Waals surface area contributed by atoms with Gasteiger partial charge in [-0.05, 0) is 68.9 Å². The van der Waals surface area contributed by atoms with E-state index in [-0.39, 0.29) is 35.7 Å². The number of benzene rings is 1. The third-order valence-corrected chi connectivity index (χ3v) is 6.99. The van der Waals surface area contributed by atoms with Gasteiger partial charge in [-0.15, -0.1) is 5.10 Å². The van der Waals surface area contributed by atoms with Gasteiger partial charge in [-0.2, -0.15) is 31.3 Å². The summed E-state index contributed by atoms with van der Waals surface area (Å²) in [5.41, 5.74) is -1.26. The summed E-state index contributed by atoms with van der Waals surface area (Å²) in [5, 5.41) is 7.85. The molecule has 13 heteroatoms. The van der Waals surface area contributed by atoms with Crippen LogP contribution in [0.1, 0.15) is 44.0 Å². The highest BCUT2D eigenvalue weighted by Crippen LogP contribution is 2.41. The van der Waals surface area contributed by atoms with Gasteiger partial charge in [0, 0.05) is 31.0 Å². The Balaban J connectivity index is 1.32. The number of hydrogen-bond donors (Lipinski definition) is 1. The molecule has 2 fully saturated rings.